The molecule has 0 bridgehead atoms. The van der Waals surface area contributed by atoms with E-state index in [4.69, 9.17) is 5.11 Å². The molecule has 0 aromatic carbocycles. The van der Waals surface area contributed by atoms with Gasteiger partial charge in [0.1, 0.15) is 6.54 Å². The van der Waals surface area contributed by atoms with Crippen LogP contribution in [0.25, 0.3) is 0 Å². The van der Waals surface area contributed by atoms with Crippen LogP contribution in [0.3, 0.4) is 0 Å². The first-order chi connectivity index (χ1) is 9.58. The normalized spacial score (nSPS) is 17.5. The van der Waals surface area contributed by atoms with Crippen molar-refractivity contribution in [2.45, 2.75) is 64.8 Å². The fourth-order valence-electron chi connectivity index (χ4n) is 3.03. The van der Waals surface area contributed by atoms with E-state index in [0.717, 1.165) is 12.8 Å². The number of carbonyl (C=O) groups is 2. The number of urea groups is 1. The summed E-state index contributed by atoms with van der Waals surface area (Å²) >= 11 is 0. The summed E-state index contributed by atoms with van der Waals surface area (Å²) in [5, 5.41) is 11.9. The van der Waals surface area contributed by atoms with Crippen LogP contribution in [0, 0.1) is 5.92 Å². The maximum atomic E-state index is 12.2. The SMILES string of the molecule is CCCN(CC(=O)O)C(=O)NC(CC)C1CCCCC1. The third-order valence-corrected chi connectivity index (χ3v) is 4.07. The minimum atomic E-state index is -0.959. The lowest BCUT2D eigenvalue weighted by atomic mass is 9.83. The van der Waals surface area contributed by atoms with Crippen LogP contribution in [0.4, 0.5) is 4.79 Å². The van der Waals surface area contributed by atoms with Gasteiger partial charge in [-0.3, -0.25) is 4.79 Å². The number of nitrogens with one attached hydrogen (secondary N) is 1. The Labute approximate surface area is 121 Å². The molecule has 1 aliphatic rings. The lowest BCUT2D eigenvalue weighted by Gasteiger charge is -2.32. The molecule has 0 spiro atoms. The molecular formula is C15H28N2O3. The van der Waals surface area contributed by atoms with Crippen LogP contribution in [0.1, 0.15) is 58.8 Å². The average Bonchev–Trinajstić information content (AvgIpc) is 2.44. The third-order valence-electron chi connectivity index (χ3n) is 4.07. The second kappa shape index (κ2) is 8.82. The lowest BCUT2D eigenvalue weighted by molar-refractivity contribution is -0.137. The van der Waals surface area contributed by atoms with Crippen molar-refractivity contribution in [2.24, 2.45) is 5.92 Å². The third kappa shape index (κ3) is 5.39. The van der Waals surface area contributed by atoms with Gasteiger partial charge >= 0.3 is 12.0 Å². The van der Waals surface area contributed by atoms with Gasteiger partial charge in [0.15, 0.2) is 0 Å². The van der Waals surface area contributed by atoms with Crippen LogP contribution in [0.5, 0.6) is 0 Å². The quantitative estimate of drug-likeness (QED) is 0.755. The summed E-state index contributed by atoms with van der Waals surface area (Å²) in [6.45, 7) is 4.29. The summed E-state index contributed by atoms with van der Waals surface area (Å²) in [6, 6.07) is -0.0531. The van der Waals surface area contributed by atoms with Gasteiger partial charge in [-0.2, -0.15) is 0 Å². The summed E-state index contributed by atoms with van der Waals surface area (Å²) < 4.78 is 0. The predicted octanol–water partition coefficient (Wildman–Crippen LogP) is 2.85. The standard InChI is InChI=1S/C15H28N2O3/c1-3-10-17(11-14(18)19)15(20)16-13(4-2)12-8-6-5-7-9-12/h12-13H,3-11H2,1-2H3,(H,16,20)(H,18,19). The molecule has 1 rings (SSSR count). The second-order valence-electron chi connectivity index (χ2n) is 5.68. The molecule has 5 heteroatoms. The predicted molar refractivity (Wildman–Crippen MR) is 78.7 cm³/mol. The Bertz CT molecular complexity index is 314. The van der Waals surface area contributed by atoms with E-state index in [2.05, 4.69) is 12.2 Å². The van der Waals surface area contributed by atoms with Gasteiger partial charge < -0.3 is 15.3 Å². The summed E-state index contributed by atoms with van der Waals surface area (Å²) in [5.74, 6) is -0.412. The molecule has 1 fully saturated rings. The van der Waals surface area contributed by atoms with Gasteiger partial charge in [-0.15, -0.1) is 0 Å². The molecule has 5 nitrogen and oxygen atoms in total. The van der Waals surface area contributed by atoms with E-state index in [1.54, 1.807) is 0 Å². The summed E-state index contributed by atoms with van der Waals surface area (Å²) in [6.07, 6.45) is 7.79. The van der Waals surface area contributed by atoms with Gasteiger partial charge in [-0.1, -0.05) is 33.1 Å². The van der Waals surface area contributed by atoms with Crippen LogP contribution in [-0.4, -0.2) is 41.1 Å². The topological polar surface area (TPSA) is 69.6 Å². The molecule has 20 heavy (non-hydrogen) atoms. The van der Waals surface area contributed by atoms with Gasteiger partial charge in [0.25, 0.3) is 0 Å². The molecule has 0 saturated heterocycles. The minimum Gasteiger partial charge on any atom is -0.480 e. The Morgan fingerprint density at radius 2 is 1.90 bits per heavy atom. The maximum Gasteiger partial charge on any atom is 0.323 e. The van der Waals surface area contributed by atoms with Crippen molar-refractivity contribution < 1.29 is 14.7 Å². The highest BCUT2D eigenvalue weighted by molar-refractivity contribution is 5.80. The smallest absolute Gasteiger partial charge is 0.323 e. The van der Waals surface area contributed by atoms with Crippen molar-refractivity contribution in [3.8, 4) is 0 Å². The van der Waals surface area contributed by atoms with Crippen LogP contribution in [-0.2, 0) is 4.79 Å². The number of hydrogen-bond donors (Lipinski definition) is 2. The van der Waals surface area contributed by atoms with E-state index in [9.17, 15) is 9.59 Å². The van der Waals surface area contributed by atoms with Gasteiger partial charge in [0.05, 0.1) is 0 Å². The van der Waals surface area contributed by atoms with Gasteiger partial charge in [0, 0.05) is 12.6 Å². The van der Waals surface area contributed by atoms with Crippen molar-refractivity contribution >= 4 is 12.0 Å². The number of aliphatic carboxylic acids is 1. The Morgan fingerprint density at radius 3 is 2.40 bits per heavy atom. The van der Waals surface area contributed by atoms with Gasteiger partial charge in [-0.05, 0) is 31.6 Å². The number of carboxylic acid groups (broad SMARTS) is 1. The molecule has 2 N–H and O–H groups in total. The van der Waals surface area contributed by atoms with E-state index in [1.165, 1.54) is 37.0 Å². The molecule has 0 aromatic rings. The zero-order valence-corrected chi connectivity index (χ0v) is 12.7. The zero-order valence-electron chi connectivity index (χ0n) is 12.7. The summed E-state index contributed by atoms with van der Waals surface area (Å²) in [7, 11) is 0. The zero-order chi connectivity index (χ0) is 15.0. The number of carbonyl (C=O) groups excluding carboxylic acids is 1. The van der Waals surface area contributed by atoms with E-state index in [0.29, 0.717) is 12.5 Å². The van der Waals surface area contributed by atoms with Crippen molar-refractivity contribution in [2.75, 3.05) is 13.1 Å². The number of amides is 2. The molecule has 116 valence electrons. The number of hydrogen-bond acceptors (Lipinski definition) is 2. The molecule has 0 radical (unpaired) electrons. The summed E-state index contributed by atoms with van der Waals surface area (Å²) in [4.78, 5) is 24.5. The van der Waals surface area contributed by atoms with Crippen molar-refractivity contribution in [3.05, 3.63) is 0 Å². The first kappa shape index (κ1) is 16.8. The number of rotatable bonds is 7. The Morgan fingerprint density at radius 1 is 1.25 bits per heavy atom. The van der Waals surface area contributed by atoms with Crippen LogP contribution in [0.2, 0.25) is 0 Å². The molecule has 1 unspecified atom stereocenters. The fourth-order valence-corrected chi connectivity index (χ4v) is 3.03. The van der Waals surface area contributed by atoms with Crippen LogP contribution in [0.15, 0.2) is 0 Å². The van der Waals surface area contributed by atoms with Crippen molar-refractivity contribution in [1.29, 1.82) is 0 Å². The van der Waals surface area contributed by atoms with E-state index in [1.807, 2.05) is 6.92 Å². The molecule has 1 saturated carbocycles. The lowest BCUT2D eigenvalue weighted by Crippen LogP contribution is -2.49. The average molecular weight is 284 g/mol. The molecule has 0 aliphatic heterocycles. The van der Waals surface area contributed by atoms with Crippen molar-refractivity contribution in [3.63, 3.8) is 0 Å². The van der Waals surface area contributed by atoms with E-state index >= 15 is 0 Å². The summed E-state index contributed by atoms with van der Waals surface area (Å²) in [5.41, 5.74) is 0. The van der Waals surface area contributed by atoms with Crippen molar-refractivity contribution in [1.82, 2.24) is 10.2 Å². The minimum absolute atomic E-state index is 0.177. The van der Waals surface area contributed by atoms with Crippen LogP contribution < -0.4 is 5.32 Å². The molecule has 1 aliphatic carbocycles. The number of nitrogens with zero attached hydrogens (tertiary/aromatic N) is 1. The van der Waals surface area contributed by atoms with Crippen LogP contribution >= 0.6 is 0 Å². The highest BCUT2D eigenvalue weighted by Crippen LogP contribution is 2.27. The Kier molecular flexibility index (Phi) is 7.41. The highest BCUT2D eigenvalue weighted by Gasteiger charge is 2.25. The molecule has 1 atom stereocenters. The molecule has 0 heterocycles. The fraction of sp³-hybridized carbons (Fsp3) is 0.867. The van der Waals surface area contributed by atoms with E-state index < -0.39 is 5.97 Å². The molecule has 2 amide bonds. The Balaban J connectivity index is 2.56. The second-order valence-corrected chi connectivity index (χ2v) is 5.68. The highest BCUT2D eigenvalue weighted by atomic mass is 16.4. The largest absolute Gasteiger partial charge is 0.480 e. The first-order valence-corrected chi connectivity index (χ1v) is 7.85. The Hall–Kier alpha value is -1.26. The maximum absolute atomic E-state index is 12.2. The molecular weight excluding hydrogens is 256 g/mol. The molecule has 0 aromatic heterocycles. The van der Waals surface area contributed by atoms with Gasteiger partial charge in [0.2, 0.25) is 0 Å². The van der Waals surface area contributed by atoms with Gasteiger partial charge in [-0.25, -0.2) is 4.79 Å². The van der Waals surface area contributed by atoms with E-state index in [-0.39, 0.29) is 18.6 Å². The monoisotopic (exact) mass is 284 g/mol. The first-order valence-electron chi connectivity index (χ1n) is 7.85. The number of carboxylic acids is 1.